The summed E-state index contributed by atoms with van der Waals surface area (Å²) in [7, 11) is 0. The van der Waals surface area contributed by atoms with Crippen molar-refractivity contribution in [3.05, 3.63) is 62.7 Å². The average molecular weight is 456 g/mol. The van der Waals surface area contributed by atoms with Gasteiger partial charge in [-0.3, -0.25) is 9.59 Å². The lowest BCUT2D eigenvalue weighted by Crippen LogP contribution is -2.21. The van der Waals surface area contributed by atoms with Crippen LogP contribution in [0.25, 0.3) is 0 Å². The molecule has 2 N–H and O–H groups in total. The van der Waals surface area contributed by atoms with Crippen LogP contribution >= 0.6 is 34.2 Å². The van der Waals surface area contributed by atoms with Crippen LogP contribution in [0.5, 0.6) is 0 Å². The maximum atomic E-state index is 12.0. The van der Waals surface area contributed by atoms with Gasteiger partial charge in [0.1, 0.15) is 0 Å². The molecule has 0 fully saturated rings. The maximum absolute atomic E-state index is 12.0. The molecule has 0 saturated heterocycles. The van der Waals surface area contributed by atoms with E-state index in [2.05, 4.69) is 38.4 Å². The van der Waals surface area contributed by atoms with Gasteiger partial charge in [-0.25, -0.2) is 5.43 Å². The van der Waals surface area contributed by atoms with E-state index in [1.165, 1.54) is 0 Å². The van der Waals surface area contributed by atoms with E-state index in [-0.39, 0.29) is 12.3 Å². The zero-order valence-corrected chi connectivity index (χ0v) is 15.8. The molecule has 0 heterocycles. The molecule has 0 aliphatic heterocycles. The van der Waals surface area contributed by atoms with Crippen LogP contribution < -0.4 is 10.7 Å². The summed E-state index contributed by atoms with van der Waals surface area (Å²) in [5.74, 6) is -0.623. The van der Waals surface area contributed by atoms with Gasteiger partial charge >= 0.3 is 0 Å². The predicted molar refractivity (Wildman–Crippen MR) is 104 cm³/mol. The first kappa shape index (κ1) is 18.4. The first-order valence-corrected chi connectivity index (χ1v) is 8.55. The third-order valence-electron chi connectivity index (χ3n) is 3.01. The van der Waals surface area contributed by atoms with Crippen LogP contribution in [-0.2, 0) is 4.79 Å². The number of halogens is 2. The second-order valence-electron chi connectivity index (χ2n) is 5.00. The average Bonchev–Trinajstić information content (AvgIpc) is 2.55. The SMILES string of the molecule is CC(CC(=O)Nc1ccc(I)cc1)=NNC(=O)c1ccccc1Cl. The van der Waals surface area contributed by atoms with Crippen molar-refractivity contribution in [2.75, 3.05) is 5.32 Å². The van der Waals surface area contributed by atoms with Gasteiger partial charge in [-0.05, 0) is 65.9 Å². The molecule has 5 nitrogen and oxygen atoms in total. The normalized spacial score (nSPS) is 11.0. The lowest BCUT2D eigenvalue weighted by atomic mass is 10.2. The van der Waals surface area contributed by atoms with E-state index in [1.807, 2.05) is 24.3 Å². The molecular formula is C17H15ClIN3O2. The van der Waals surface area contributed by atoms with Crippen LogP contribution in [0.15, 0.2) is 53.6 Å². The van der Waals surface area contributed by atoms with Crippen LogP contribution in [0.3, 0.4) is 0 Å². The van der Waals surface area contributed by atoms with Gasteiger partial charge < -0.3 is 5.32 Å². The Balaban J connectivity index is 1.89. The smallest absolute Gasteiger partial charge is 0.272 e. The number of amides is 2. The molecule has 2 amide bonds. The number of anilines is 1. The molecule has 0 atom stereocenters. The number of benzene rings is 2. The van der Waals surface area contributed by atoms with Gasteiger partial charge in [0, 0.05) is 15.0 Å². The molecular weight excluding hydrogens is 441 g/mol. The molecule has 0 aliphatic rings. The number of hydrogen-bond donors (Lipinski definition) is 2. The summed E-state index contributed by atoms with van der Waals surface area (Å²) in [5, 5.41) is 7.05. The summed E-state index contributed by atoms with van der Waals surface area (Å²) >= 11 is 8.14. The Labute approximate surface area is 158 Å². The molecule has 0 radical (unpaired) electrons. The monoisotopic (exact) mass is 455 g/mol. The van der Waals surface area contributed by atoms with Crippen molar-refractivity contribution in [1.82, 2.24) is 5.43 Å². The van der Waals surface area contributed by atoms with E-state index in [1.54, 1.807) is 31.2 Å². The molecule has 2 rings (SSSR count). The molecule has 0 spiro atoms. The van der Waals surface area contributed by atoms with Crippen molar-refractivity contribution in [3.8, 4) is 0 Å². The van der Waals surface area contributed by atoms with Crippen molar-refractivity contribution >= 4 is 57.4 Å². The number of carbonyl (C=O) groups is 2. The third kappa shape index (κ3) is 5.61. The molecule has 0 aliphatic carbocycles. The lowest BCUT2D eigenvalue weighted by molar-refractivity contribution is -0.115. The largest absolute Gasteiger partial charge is 0.326 e. The van der Waals surface area contributed by atoms with Gasteiger partial charge in [0.25, 0.3) is 5.91 Å². The topological polar surface area (TPSA) is 70.6 Å². The summed E-state index contributed by atoms with van der Waals surface area (Å²) in [6, 6.07) is 14.1. The Hall–Kier alpha value is -1.93. The first-order valence-electron chi connectivity index (χ1n) is 7.09. The molecule has 2 aromatic rings. The zero-order chi connectivity index (χ0) is 17.5. The fourth-order valence-electron chi connectivity index (χ4n) is 1.86. The molecule has 24 heavy (non-hydrogen) atoms. The van der Waals surface area contributed by atoms with Gasteiger partial charge in [-0.2, -0.15) is 5.10 Å². The van der Waals surface area contributed by atoms with E-state index >= 15 is 0 Å². The van der Waals surface area contributed by atoms with Crippen LogP contribution in [0.4, 0.5) is 5.69 Å². The highest BCUT2D eigenvalue weighted by atomic mass is 127. The molecule has 0 unspecified atom stereocenters. The summed E-state index contributed by atoms with van der Waals surface area (Å²) < 4.78 is 1.09. The third-order valence-corrected chi connectivity index (χ3v) is 4.06. The van der Waals surface area contributed by atoms with Crippen LogP contribution in [-0.4, -0.2) is 17.5 Å². The summed E-state index contributed by atoms with van der Waals surface area (Å²) in [6.45, 7) is 1.67. The number of nitrogens with zero attached hydrogens (tertiary/aromatic N) is 1. The van der Waals surface area contributed by atoms with E-state index in [0.717, 1.165) is 3.57 Å². The van der Waals surface area contributed by atoms with Crippen LogP contribution in [0.2, 0.25) is 5.02 Å². The Bertz CT molecular complexity index is 776. The quantitative estimate of drug-likeness (QED) is 0.405. The van der Waals surface area contributed by atoms with E-state index < -0.39 is 5.91 Å². The highest BCUT2D eigenvalue weighted by Crippen LogP contribution is 2.14. The molecule has 7 heteroatoms. The van der Waals surface area contributed by atoms with Gasteiger partial charge in [0.2, 0.25) is 5.91 Å². The number of carbonyl (C=O) groups excluding carboxylic acids is 2. The first-order chi connectivity index (χ1) is 11.5. The Morgan fingerprint density at radius 2 is 1.79 bits per heavy atom. The summed E-state index contributed by atoms with van der Waals surface area (Å²) in [6.07, 6.45) is 0.0782. The van der Waals surface area contributed by atoms with Gasteiger partial charge in [0.15, 0.2) is 0 Å². The Morgan fingerprint density at radius 3 is 2.46 bits per heavy atom. The van der Waals surface area contributed by atoms with Crippen LogP contribution in [0.1, 0.15) is 23.7 Å². The molecule has 0 saturated carbocycles. The number of hydrazone groups is 1. The number of nitrogens with one attached hydrogen (secondary N) is 2. The van der Waals surface area contributed by atoms with Crippen molar-refractivity contribution in [3.63, 3.8) is 0 Å². The van der Waals surface area contributed by atoms with Gasteiger partial charge in [0.05, 0.1) is 17.0 Å². The van der Waals surface area contributed by atoms with Crippen molar-refractivity contribution in [1.29, 1.82) is 0 Å². The number of hydrogen-bond acceptors (Lipinski definition) is 3. The second kappa shape index (κ2) is 8.79. The van der Waals surface area contributed by atoms with E-state index in [9.17, 15) is 9.59 Å². The fourth-order valence-corrected chi connectivity index (χ4v) is 2.44. The standard InChI is InChI=1S/C17H15ClIN3O2/c1-11(10-16(23)20-13-8-6-12(19)7-9-13)21-22-17(24)14-4-2-3-5-15(14)18/h2-9H,10H2,1H3,(H,20,23)(H,22,24). The molecule has 124 valence electrons. The van der Waals surface area contributed by atoms with Crippen LogP contribution in [0, 0.1) is 3.57 Å². The van der Waals surface area contributed by atoms with E-state index in [4.69, 9.17) is 11.6 Å². The van der Waals surface area contributed by atoms with Crippen molar-refractivity contribution in [2.24, 2.45) is 5.10 Å². The van der Waals surface area contributed by atoms with E-state index in [0.29, 0.717) is 22.0 Å². The highest BCUT2D eigenvalue weighted by molar-refractivity contribution is 14.1. The van der Waals surface area contributed by atoms with Gasteiger partial charge in [-0.15, -0.1) is 0 Å². The van der Waals surface area contributed by atoms with Crippen molar-refractivity contribution < 1.29 is 9.59 Å². The minimum absolute atomic E-state index is 0.0782. The summed E-state index contributed by atoms with van der Waals surface area (Å²) in [4.78, 5) is 23.9. The highest BCUT2D eigenvalue weighted by Gasteiger charge is 2.09. The fraction of sp³-hybridized carbons (Fsp3) is 0.118. The second-order valence-corrected chi connectivity index (χ2v) is 6.65. The minimum Gasteiger partial charge on any atom is -0.326 e. The predicted octanol–water partition coefficient (Wildman–Crippen LogP) is 4.08. The molecule has 0 bridgehead atoms. The van der Waals surface area contributed by atoms with Gasteiger partial charge in [-0.1, -0.05) is 23.7 Å². The lowest BCUT2D eigenvalue weighted by Gasteiger charge is -2.06. The Kier molecular flexibility index (Phi) is 6.74. The zero-order valence-electron chi connectivity index (χ0n) is 12.8. The molecule has 2 aromatic carbocycles. The molecule has 0 aromatic heterocycles. The van der Waals surface area contributed by atoms with Crippen molar-refractivity contribution in [2.45, 2.75) is 13.3 Å². The maximum Gasteiger partial charge on any atom is 0.272 e. The number of rotatable bonds is 5. The Morgan fingerprint density at radius 1 is 1.12 bits per heavy atom. The summed E-state index contributed by atoms with van der Waals surface area (Å²) in [5.41, 5.74) is 3.93. The minimum atomic E-state index is -0.419.